The first-order valence-electron chi connectivity index (χ1n) is 11.1. The summed E-state index contributed by atoms with van der Waals surface area (Å²) in [6.45, 7) is -0.342. The number of hydrogen-bond acceptors (Lipinski definition) is 6. The van der Waals surface area contributed by atoms with Crippen molar-refractivity contribution in [1.29, 1.82) is 0 Å². The van der Waals surface area contributed by atoms with E-state index in [0.717, 1.165) is 40.8 Å². The van der Waals surface area contributed by atoms with E-state index in [0.29, 0.717) is 28.8 Å². The van der Waals surface area contributed by atoms with Crippen molar-refractivity contribution in [3.63, 3.8) is 0 Å². The molecule has 0 aliphatic heterocycles. The average Bonchev–Trinajstić information content (AvgIpc) is 3.39. The van der Waals surface area contributed by atoms with Crippen LogP contribution in [0.4, 0.5) is 0 Å². The Morgan fingerprint density at radius 3 is 2.62 bits per heavy atom. The molecule has 0 saturated carbocycles. The highest BCUT2D eigenvalue weighted by Crippen LogP contribution is 2.36. The van der Waals surface area contributed by atoms with Gasteiger partial charge in [0, 0.05) is 10.9 Å². The lowest BCUT2D eigenvalue weighted by atomic mass is 9.86. The van der Waals surface area contributed by atoms with Gasteiger partial charge in [0.15, 0.2) is 12.4 Å². The maximum Gasteiger partial charge on any atom is 0.339 e. The number of carbonyl (C=O) groups excluding carboxylic acids is 2. The van der Waals surface area contributed by atoms with Gasteiger partial charge in [-0.3, -0.25) is 4.79 Å². The van der Waals surface area contributed by atoms with Gasteiger partial charge >= 0.3 is 5.97 Å². The summed E-state index contributed by atoms with van der Waals surface area (Å²) in [6.07, 6.45) is 6.03. The molecule has 0 atom stereocenters. The number of carbonyl (C=O) groups is 2. The number of rotatable bonds is 6. The fourth-order valence-electron chi connectivity index (χ4n) is 4.32. The summed E-state index contributed by atoms with van der Waals surface area (Å²) in [5, 5.41) is 0.724. The van der Waals surface area contributed by atoms with Crippen molar-refractivity contribution in [3.8, 4) is 5.75 Å². The minimum absolute atomic E-state index is 0.276. The van der Waals surface area contributed by atoms with Crippen LogP contribution in [0.5, 0.6) is 5.75 Å². The third-order valence-corrected chi connectivity index (χ3v) is 5.98. The molecule has 2 aromatic carbocycles. The van der Waals surface area contributed by atoms with Crippen LogP contribution >= 0.6 is 0 Å². The first-order chi connectivity index (χ1) is 16.6. The number of hydrogen-bond donors (Lipinski definition) is 0. The number of methoxy groups -OCH3 is 1. The number of Topliss-reactive ketones (excluding diaryl/α,β-unsaturated/α-hetero) is 1. The van der Waals surface area contributed by atoms with Crippen LogP contribution in [-0.2, 0) is 11.2 Å². The normalized spacial score (nSPS) is 14.1. The highest BCUT2D eigenvalue weighted by atomic mass is 16.5. The quantitative estimate of drug-likeness (QED) is 0.273. The molecular weight excluding hydrogens is 430 g/mol. The number of benzene rings is 2. The number of pyridine rings is 1. The maximum atomic E-state index is 13.3. The summed E-state index contributed by atoms with van der Waals surface area (Å²) in [4.78, 5) is 30.8. The standard InChI is InChI=1S/C28H23NO5/c1-32-20-13-11-18(12-14-20)25(30)17-34-28(31)26-22-8-2-3-10-24(22)29-27-19(6-4-9-23(26)27)16-21-7-5-15-33-21/h2-3,5,7-8,10-16H,4,6,9,17H2,1H3. The lowest BCUT2D eigenvalue weighted by molar-refractivity contribution is 0.0475. The third kappa shape index (κ3) is 4.22. The zero-order chi connectivity index (χ0) is 23.5. The molecule has 6 nitrogen and oxygen atoms in total. The number of allylic oxidation sites excluding steroid dienone is 1. The van der Waals surface area contributed by atoms with Gasteiger partial charge in [-0.05, 0) is 78.9 Å². The van der Waals surface area contributed by atoms with Crippen LogP contribution in [0.1, 0.15) is 50.6 Å². The van der Waals surface area contributed by atoms with Gasteiger partial charge in [0.1, 0.15) is 11.5 Å². The molecule has 0 saturated heterocycles. The molecule has 4 aromatic rings. The molecule has 0 N–H and O–H groups in total. The average molecular weight is 453 g/mol. The Balaban J connectivity index is 1.48. The van der Waals surface area contributed by atoms with Crippen LogP contribution in [0, 0.1) is 0 Å². The molecule has 0 fully saturated rings. The molecule has 0 unspecified atom stereocenters. The number of ketones is 1. The van der Waals surface area contributed by atoms with E-state index in [2.05, 4.69) is 0 Å². The van der Waals surface area contributed by atoms with Crippen LogP contribution in [0.15, 0.2) is 71.3 Å². The van der Waals surface area contributed by atoms with E-state index in [4.69, 9.17) is 18.9 Å². The van der Waals surface area contributed by atoms with Crippen LogP contribution in [0.25, 0.3) is 22.6 Å². The summed E-state index contributed by atoms with van der Waals surface area (Å²) < 4.78 is 16.2. The highest BCUT2D eigenvalue weighted by Gasteiger charge is 2.26. The van der Waals surface area contributed by atoms with E-state index in [1.807, 2.05) is 42.5 Å². The van der Waals surface area contributed by atoms with Crippen LogP contribution in [0.3, 0.4) is 0 Å². The first kappa shape index (κ1) is 21.6. The van der Waals surface area contributed by atoms with Crippen molar-refractivity contribution in [2.24, 2.45) is 0 Å². The van der Waals surface area contributed by atoms with E-state index >= 15 is 0 Å². The Kier molecular flexibility index (Phi) is 5.95. The molecule has 170 valence electrons. The second-order valence-corrected chi connectivity index (χ2v) is 8.10. The van der Waals surface area contributed by atoms with Gasteiger partial charge in [0.05, 0.1) is 30.1 Å². The number of fused-ring (bicyclic) bond motifs is 2. The van der Waals surface area contributed by atoms with E-state index < -0.39 is 5.97 Å². The highest BCUT2D eigenvalue weighted by molar-refractivity contribution is 6.07. The first-order valence-corrected chi connectivity index (χ1v) is 11.1. The number of esters is 1. The Hall–Kier alpha value is -4.19. The number of nitrogens with zero attached hydrogens (tertiary/aromatic N) is 1. The fourth-order valence-corrected chi connectivity index (χ4v) is 4.32. The van der Waals surface area contributed by atoms with Crippen LogP contribution in [-0.4, -0.2) is 30.5 Å². The lowest BCUT2D eigenvalue weighted by Crippen LogP contribution is -2.18. The summed E-state index contributed by atoms with van der Waals surface area (Å²) in [6, 6.07) is 18.0. The van der Waals surface area contributed by atoms with Gasteiger partial charge in [0.2, 0.25) is 0 Å². The molecule has 0 amide bonds. The van der Waals surface area contributed by atoms with Gasteiger partial charge in [-0.15, -0.1) is 0 Å². The molecule has 1 aliphatic carbocycles. The number of furan rings is 1. The van der Waals surface area contributed by atoms with E-state index in [1.54, 1.807) is 37.6 Å². The molecule has 34 heavy (non-hydrogen) atoms. The zero-order valence-corrected chi connectivity index (χ0v) is 18.7. The second-order valence-electron chi connectivity index (χ2n) is 8.10. The number of ether oxygens (including phenoxy) is 2. The largest absolute Gasteiger partial charge is 0.497 e. The number of aromatic nitrogens is 1. The smallest absolute Gasteiger partial charge is 0.339 e. The van der Waals surface area contributed by atoms with Crippen molar-refractivity contribution in [1.82, 2.24) is 4.98 Å². The predicted molar refractivity (Wildman–Crippen MR) is 129 cm³/mol. The van der Waals surface area contributed by atoms with Crippen molar-refractivity contribution in [3.05, 3.63) is 95.1 Å². The SMILES string of the molecule is COc1ccc(C(=O)COC(=O)c2c3c(nc4ccccc24)C(=Cc2ccco2)CCC3)cc1. The molecule has 0 spiro atoms. The summed E-state index contributed by atoms with van der Waals surface area (Å²) in [7, 11) is 1.56. The van der Waals surface area contributed by atoms with Gasteiger partial charge in [-0.25, -0.2) is 9.78 Å². The van der Waals surface area contributed by atoms with E-state index in [1.165, 1.54) is 0 Å². The fraction of sp³-hybridized carbons (Fsp3) is 0.179. The van der Waals surface area contributed by atoms with Crippen molar-refractivity contribution >= 4 is 34.3 Å². The van der Waals surface area contributed by atoms with Gasteiger partial charge in [-0.1, -0.05) is 18.2 Å². The molecule has 5 rings (SSSR count). The summed E-state index contributed by atoms with van der Waals surface area (Å²) >= 11 is 0. The summed E-state index contributed by atoms with van der Waals surface area (Å²) in [5.41, 5.74) is 4.30. The predicted octanol–water partition coefficient (Wildman–Crippen LogP) is 5.75. The van der Waals surface area contributed by atoms with Crippen molar-refractivity contribution < 1.29 is 23.5 Å². The van der Waals surface area contributed by atoms with Crippen molar-refractivity contribution in [2.45, 2.75) is 19.3 Å². The molecule has 2 heterocycles. The minimum atomic E-state index is -0.518. The van der Waals surface area contributed by atoms with Crippen molar-refractivity contribution in [2.75, 3.05) is 13.7 Å². The molecule has 6 heteroatoms. The zero-order valence-electron chi connectivity index (χ0n) is 18.7. The number of para-hydroxylation sites is 1. The second kappa shape index (κ2) is 9.35. The van der Waals surface area contributed by atoms with Gasteiger partial charge in [-0.2, -0.15) is 0 Å². The van der Waals surface area contributed by atoms with E-state index in [9.17, 15) is 9.59 Å². The Morgan fingerprint density at radius 1 is 1.03 bits per heavy atom. The Bertz CT molecular complexity index is 1380. The topological polar surface area (TPSA) is 78.6 Å². The molecule has 0 radical (unpaired) electrons. The third-order valence-electron chi connectivity index (χ3n) is 5.98. The molecule has 0 bridgehead atoms. The van der Waals surface area contributed by atoms with Gasteiger partial charge < -0.3 is 13.9 Å². The molecule has 1 aliphatic rings. The Morgan fingerprint density at radius 2 is 1.85 bits per heavy atom. The van der Waals surface area contributed by atoms with Crippen LogP contribution in [0.2, 0.25) is 0 Å². The molecule has 2 aromatic heterocycles. The monoisotopic (exact) mass is 453 g/mol. The molecular formula is C28H23NO5. The van der Waals surface area contributed by atoms with E-state index in [-0.39, 0.29) is 12.4 Å². The summed E-state index contributed by atoms with van der Waals surface area (Å²) in [5.74, 6) is 0.603. The Labute approximate surface area is 196 Å². The minimum Gasteiger partial charge on any atom is -0.497 e. The lowest BCUT2D eigenvalue weighted by Gasteiger charge is -2.22. The maximum absolute atomic E-state index is 13.3. The van der Waals surface area contributed by atoms with Gasteiger partial charge in [0.25, 0.3) is 0 Å². The van der Waals surface area contributed by atoms with Crippen LogP contribution < -0.4 is 4.74 Å².